The average molecular weight is 565 g/mol. The number of rotatable bonds is 6. The van der Waals surface area contributed by atoms with Gasteiger partial charge < -0.3 is 24.7 Å². The summed E-state index contributed by atoms with van der Waals surface area (Å²) in [5.74, 6) is 0.661. The lowest BCUT2D eigenvalue weighted by atomic mass is 9.80. The van der Waals surface area contributed by atoms with Crippen molar-refractivity contribution in [3.05, 3.63) is 89.6 Å². The number of carbonyl (C=O) groups excluding carboxylic acids is 1. The lowest BCUT2D eigenvalue weighted by Crippen LogP contribution is -2.36. The van der Waals surface area contributed by atoms with E-state index in [-0.39, 0.29) is 11.9 Å². The number of hydrogen-bond donors (Lipinski definition) is 2. The van der Waals surface area contributed by atoms with E-state index in [0.717, 1.165) is 41.2 Å². The van der Waals surface area contributed by atoms with Crippen LogP contribution in [0.2, 0.25) is 0 Å². The van der Waals surface area contributed by atoms with Crippen molar-refractivity contribution >= 4 is 28.9 Å². The fraction of sp³-hybridized carbons (Fsp3) is 0.333. The molecule has 9 heteroatoms. The Morgan fingerprint density at radius 2 is 1.74 bits per heavy atom. The highest BCUT2D eigenvalue weighted by atomic mass is 16.5. The molecule has 7 rings (SSSR count). The van der Waals surface area contributed by atoms with Crippen LogP contribution in [0.5, 0.6) is 0 Å². The van der Waals surface area contributed by atoms with Crippen molar-refractivity contribution in [3.8, 4) is 11.6 Å². The molecular formula is C33H36N6O3. The van der Waals surface area contributed by atoms with Crippen LogP contribution >= 0.6 is 0 Å². The van der Waals surface area contributed by atoms with Gasteiger partial charge in [-0.25, -0.2) is 4.98 Å². The zero-order valence-electron chi connectivity index (χ0n) is 24.0. The SMILES string of the molecule is CC.O=C1Nc2ccccc2C(c2ccccc2)=CC1Nc1nnc(-c2ncc(C3CCC3)cc2N2CCOCC2)o1. The average Bonchev–Trinajstić information content (AvgIpc) is 3.43. The molecule has 1 atom stereocenters. The number of morpholine rings is 1. The molecule has 2 aromatic carbocycles. The first-order valence-electron chi connectivity index (χ1n) is 14.8. The Bertz CT molecular complexity index is 1560. The maximum absolute atomic E-state index is 13.3. The molecule has 4 heterocycles. The van der Waals surface area contributed by atoms with E-state index in [9.17, 15) is 4.79 Å². The Labute approximate surface area is 246 Å². The van der Waals surface area contributed by atoms with Gasteiger partial charge in [-0.2, -0.15) is 0 Å². The summed E-state index contributed by atoms with van der Waals surface area (Å²) >= 11 is 0. The lowest BCUT2D eigenvalue weighted by Gasteiger charge is -2.31. The van der Waals surface area contributed by atoms with Crippen molar-refractivity contribution in [3.63, 3.8) is 0 Å². The maximum atomic E-state index is 13.3. The molecule has 1 saturated heterocycles. The molecule has 0 radical (unpaired) electrons. The van der Waals surface area contributed by atoms with Gasteiger partial charge in [0.2, 0.25) is 0 Å². The van der Waals surface area contributed by atoms with E-state index in [2.05, 4.69) is 31.8 Å². The molecular weight excluding hydrogens is 528 g/mol. The van der Waals surface area contributed by atoms with Gasteiger partial charge in [0.15, 0.2) is 5.69 Å². The molecule has 1 saturated carbocycles. The quantitative estimate of drug-likeness (QED) is 0.288. The smallest absolute Gasteiger partial charge is 0.316 e. The highest BCUT2D eigenvalue weighted by molar-refractivity contribution is 6.05. The molecule has 216 valence electrons. The van der Waals surface area contributed by atoms with Gasteiger partial charge in [0.1, 0.15) is 6.04 Å². The minimum atomic E-state index is -0.733. The highest BCUT2D eigenvalue weighted by Crippen LogP contribution is 2.40. The molecule has 2 aromatic heterocycles. The number of nitrogens with zero attached hydrogens (tertiary/aromatic N) is 4. The van der Waals surface area contributed by atoms with Crippen LogP contribution in [0.4, 0.5) is 17.4 Å². The fourth-order valence-electron chi connectivity index (χ4n) is 5.50. The topological polar surface area (TPSA) is 105 Å². The Hall–Kier alpha value is -4.50. The minimum absolute atomic E-state index is 0.155. The normalized spacial score (nSPS) is 18.4. The summed E-state index contributed by atoms with van der Waals surface area (Å²) in [7, 11) is 0. The van der Waals surface area contributed by atoms with Crippen LogP contribution in [0.3, 0.4) is 0 Å². The van der Waals surface area contributed by atoms with E-state index in [1.165, 1.54) is 24.8 Å². The van der Waals surface area contributed by atoms with Gasteiger partial charge in [-0.05, 0) is 53.7 Å². The van der Waals surface area contributed by atoms with Crippen LogP contribution in [-0.4, -0.2) is 53.4 Å². The highest BCUT2D eigenvalue weighted by Gasteiger charge is 2.28. The zero-order valence-corrected chi connectivity index (χ0v) is 24.0. The van der Waals surface area contributed by atoms with Crippen molar-refractivity contribution in [2.24, 2.45) is 0 Å². The van der Waals surface area contributed by atoms with E-state index in [0.29, 0.717) is 30.7 Å². The summed E-state index contributed by atoms with van der Waals surface area (Å²) in [6, 6.07) is 19.5. The number of ether oxygens (including phenoxy) is 1. The van der Waals surface area contributed by atoms with Crippen LogP contribution in [0.1, 0.15) is 55.7 Å². The summed E-state index contributed by atoms with van der Waals surface area (Å²) in [6.07, 6.45) is 7.50. The number of amides is 1. The van der Waals surface area contributed by atoms with Crippen molar-refractivity contribution in [1.29, 1.82) is 0 Å². The number of aromatic nitrogens is 3. The molecule has 0 bridgehead atoms. The number of nitrogens with one attached hydrogen (secondary N) is 2. The van der Waals surface area contributed by atoms with Gasteiger partial charge in [0, 0.05) is 30.5 Å². The third kappa shape index (κ3) is 5.65. The van der Waals surface area contributed by atoms with Crippen LogP contribution in [-0.2, 0) is 9.53 Å². The second-order valence-corrected chi connectivity index (χ2v) is 10.4. The van der Waals surface area contributed by atoms with E-state index < -0.39 is 6.04 Å². The molecule has 3 aliphatic rings. The molecule has 2 fully saturated rings. The number of benzene rings is 2. The van der Waals surface area contributed by atoms with Gasteiger partial charge in [0.05, 0.1) is 18.9 Å². The Morgan fingerprint density at radius 1 is 0.976 bits per heavy atom. The van der Waals surface area contributed by atoms with Gasteiger partial charge in [0.25, 0.3) is 11.8 Å². The molecule has 4 aromatic rings. The van der Waals surface area contributed by atoms with E-state index >= 15 is 0 Å². The minimum Gasteiger partial charge on any atom is -0.402 e. The molecule has 1 amide bonds. The Balaban J connectivity index is 0.00000155. The van der Waals surface area contributed by atoms with Crippen molar-refractivity contribution in [2.75, 3.05) is 41.8 Å². The number of para-hydroxylation sites is 1. The van der Waals surface area contributed by atoms with Gasteiger partial charge >= 0.3 is 6.01 Å². The van der Waals surface area contributed by atoms with Crippen molar-refractivity contribution < 1.29 is 13.9 Å². The Morgan fingerprint density at radius 3 is 2.50 bits per heavy atom. The van der Waals surface area contributed by atoms with E-state index in [1.54, 1.807) is 0 Å². The van der Waals surface area contributed by atoms with Crippen molar-refractivity contribution in [1.82, 2.24) is 15.2 Å². The number of hydrogen-bond acceptors (Lipinski definition) is 8. The van der Waals surface area contributed by atoms with E-state index in [4.69, 9.17) is 14.1 Å². The number of anilines is 3. The number of pyridine rings is 1. The molecule has 1 unspecified atom stereocenters. The monoisotopic (exact) mass is 564 g/mol. The molecule has 2 aliphatic heterocycles. The maximum Gasteiger partial charge on any atom is 0.316 e. The summed E-state index contributed by atoms with van der Waals surface area (Å²) in [5.41, 5.74) is 6.53. The summed E-state index contributed by atoms with van der Waals surface area (Å²) in [4.78, 5) is 20.4. The second kappa shape index (κ2) is 12.6. The molecule has 0 spiro atoms. The van der Waals surface area contributed by atoms with E-state index in [1.807, 2.05) is 80.7 Å². The standard InChI is InChI=1S/C31H30N6O3.C2H6/c38-29-26(18-24(21-7-2-1-3-8-21)23-11-4-5-12-25(23)33-29)34-31-36-35-30(40-31)28-27(37-13-15-39-16-14-37)17-22(19-32-28)20-9-6-10-20;1-2/h1-5,7-8,11-12,17-20,26H,6,9-10,13-16H2,(H,33,38)(H,34,36);1-2H3. The molecule has 1 aliphatic carbocycles. The number of carbonyl (C=O) groups is 1. The first-order chi connectivity index (χ1) is 20.7. The second-order valence-electron chi connectivity index (χ2n) is 10.4. The van der Waals surface area contributed by atoms with Crippen LogP contribution < -0.4 is 15.5 Å². The predicted molar refractivity (Wildman–Crippen MR) is 165 cm³/mol. The van der Waals surface area contributed by atoms with Crippen LogP contribution in [0.25, 0.3) is 17.2 Å². The van der Waals surface area contributed by atoms with Crippen molar-refractivity contribution in [2.45, 2.75) is 45.1 Å². The van der Waals surface area contributed by atoms with Crippen LogP contribution in [0.15, 0.2) is 77.4 Å². The summed E-state index contributed by atoms with van der Waals surface area (Å²) in [5, 5.41) is 14.8. The lowest BCUT2D eigenvalue weighted by molar-refractivity contribution is -0.116. The molecule has 2 N–H and O–H groups in total. The summed E-state index contributed by atoms with van der Waals surface area (Å²) < 4.78 is 11.7. The van der Waals surface area contributed by atoms with Crippen LogP contribution in [0, 0.1) is 0 Å². The zero-order chi connectivity index (χ0) is 28.9. The number of fused-ring (bicyclic) bond motifs is 1. The first kappa shape index (κ1) is 27.7. The Kier molecular flexibility index (Phi) is 8.28. The fourth-order valence-corrected chi connectivity index (χ4v) is 5.50. The third-order valence-electron chi connectivity index (χ3n) is 7.90. The first-order valence-corrected chi connectivity index (χ1v) is 14.8. The largest absolute Gasteiger partial charge is 0.402 e. The molecule has 9 nitrogen and oxygen atoms in total. The predicted octanol–water partition coefficient (Wildman–Crippen LogP) is 6.13. The van der Waals surface area contributed by atoms with Gasteiger partial charge in [-0.3, -0.25) is 4.79 Å². The third-order valence-corrected chi connectivity index (χ3v) is 7.90. The van der Waals surface area contributed by atoms with Gasteiger partial charge in [-0.1, -0.05) is 73.9 Å². The molecule has 42 heavy (non-hydrogen) atoms. The summed E-state index contributed by atoms with van der Waals surface area (Å²) in [6.45, 7) is 6.88. The van der Waals surface area contributed by atoms with Gasteiger partial charge in [-0.15, -0.1) is 5.10 Å².